The van der Waals surface area contributed by atoms with Gasteiger partial charge >= 0.3 is 0 Å². The van der Waals surface area contributed by atoms with E-state index in [1.165, 1.54) is 0 Å². The highest BCUT2D eigenvalue weighted by Gasteiger charge is 2.19. The Morgan fingerprint density at radius 1 is 1.70 bits per heavy atom. The first kappa shape index (κ1) is 7.98. The van der Waals surface area contributed by atoms with Crippen LogP contribution >= 0.6 is 0 Å². The van der Waals surface area contributed by atoms with Gasteiger partial charge in [0.15, 0.2) is 0 Å². The third-order valence-electron chi connectivity index (χ3n) is 2.01. The molecule has 2 atom stereocenters. The van der Waals surface area contributed by atoms with Crippen molar-refractivity contribution in [1.29, 1.82) is 0 Å². The minimum atomic E-state index is 0.158. The average molecular weight is 145 g/mol. The Bertz CT molecular complexity index is 87.6. The van der Waals surface area contributed by atoms with Gasteiger partial charge in [0.2, 0.25) is 0 Å². The molecule has 1 aliphatic heterocycles. The van der Waals surface area contributed by atoms with E-state index < -0.39 is 0 Å². The molecule has 1 fully saturated rings. The van der Waals surface area contributed by atoms with E-state index in [1.54, 1.807) is 7.11 Å². The molecule has 0 aromatic heterocycles. The van der Waals surface area contributed by atoms with Gasteiger partial charge < -0.3 is 9.84 Å². The van der Waals surface area contributed by atoms with Crippen molar-refractivity contribution in [1.82, 2.24) is 5.32 Å². The molecule has 0 aliphatic carbocycles. The van der Waals surface area contributed by atoms with E-state index >= 15 is 0 Å². The predicted octanol–water partition coefficient (Wildman–Crippen LogP) is -0.0492. The molecule has 2 N–H and O–H groups in total. The minimum absolute atomic E-state index is 0.158. The lowest BCUT2D eigenvalue weighted by atomic mass is 9.98. The molecule has 60 valence electrons. The third-order valence-corrected chi connectivity index (χ3v) is 2.01. The number of methoxy groups -OCH3 is 1. The molecule has 3 heteroatoms. The second-order valence-electron chi connectivity index (χ2n) is 2.75. The third kappa shape index (κ3) is 1.94. The number of piperidine rings is 1. The second-order valence-corrected chi connectivity index (χ2v) is 2.75. The first-order valence-electron chi connectivity index (χ1n) is 3.74. The van der Waals surface area contributed by atoms with Crippen LogP contribution < -0.4 is 5.32 Å². The number of nitrogens with one attached hydrogen (secondary N) is 1. The first-order valence-corrected chi connectivity index (χ1v) is 3.74. The predicted molar refractivity (Wildman–Crippen MR) is 38.6 cm³/mol. The zero-order valence-electron chi connectivity index (χ0n) is 6.34. The Balaban J connectivity index is 2.25. The standard InChI is InChI=1S/C7H15NO2/c1-10-7-4-6(5-9)2-3-8-7/h6-9H,2-5H2,1H3. The summed E-state index contributed by atoms with van der Waals surface area (Å²) >= 11 is 0. The Morgan fingerprint density at radius 2 is 2.50 bits per heavy atom. The molecule has 0 aromatic rings. The second kappa shape index (κ2) is 3.91. The number of aliphatic hydroxyl groups excluding tert-OH is 1. The van der Waals surface area contributed by atoms with E-state index in [2.05, 4.69) is 5.32 Å². The number of rotatable bonds is 2. The zero-order valence-corrected chi connectivity index (χ0v) is 6.34. The SMILES string of the molecule is COC1CC(CO)CCN1. The fraction of sp³-hybridized carbons (Fsp3) is 1.00. The monoisotopic (exact) mass is 145 g/mol. The van der Waals surface area contributed by atoms with Gasteiger partial charge in [-0.15, -0.1) is 0 Å². The zero-order chi connectivity index (χ0) is 7.40. The molecule has 0 amide bonds. The van der Waals surface area contributed by atoms with Crippen molar-refractivity contribution in [2.24, 2.45) is 5.92 Å². The van der Waals surface area contributed by atoms with Crippen LogP contribution in [0, 0.1) is 5.92 Å². The van der Waals surface area contributed by atoms with Crippen molar-refractivity contribution in [3.05, 3.63) is 0 Å². The van der Waals surface area contributed by atoms with Crippen molar-refractivity contribution in [3.8, 4) is 0 Å². The summed E-state index contributed by atoms with van der Waals surface area (Å²) in [7, 11) is 1.69. The highest BCUT2D eigenvalue weighted by atomic mass is 16.5. The fourth-order valence-corrected chi connectivity index (χ4v) is 1.30. The van der Waals surface area contributed by atoms with Crippen molar-refractivity contribution in [2.45, 2.75) is 19.1 Å². The van der Waals surface area contributed by atoms with Crippen LogP contribution in [0.1, 0.15) is 12.8 Å². The summed E-state index contributed by atoms with van der Waals surface area (Å²) < 4.78 is 5.10. The summed E-state index contributed by atoms with van der Waals surface area (Å²) in [6.45, 7) is 1.26. The first-order chi connectivity index (χ1) is 4.86. The Hall–Kier alpha value is -0.120. The molecular weight excluding hydrogens is 130 g/mol. The van der Waals surface area contributed by atoms with E-state index in [1.807, 2.05) is 0 Å². The van der Waals surface area contributed by atoms with Gasteiger partial charge in [-0.25, -0.2) is 0 Å². The van der Waals surface area contributed by atoms with Gasteiger partial charge in [-0.1, -0.05) is 0 Å². The van der Waals surface area contributed by atoms with Crippen LogP contribution in [0.5, 0.6) is 0 Å². The van der Waals surface area contributed by atoms with Gasteiger partial charge in [0.25, 0.3) is 0 Å². The fourth-order valence-electron chi connectivity index (χ4n) is 1.30. The molecule has 0 spiro atoms. The van der Waals surface area contributed by atoms with Crippen molar-refractivity contribution in [2.75, 3.05) is 20.3 Å². The van der Waals surface area contributed by atoms with Crippen LogP contribution in [0.3, 0.4) is 0 Å². The molecule has 3 nitrogen and oxygen atoms in total. The minimum Gasteiger partial charge on any atom is -0.396 e. The lowest BCUT2D eigenvalue weighted by molar-refractivity contribution is 0.0209. The molecule has 2 unspecified atom stereocenters. The molecular formula is C7H15NO2. The molecule has 0 bridgehead atoms. The van der Waals surface area contributed by atoms with Crippen LogP contribution in [0.2, 0.25) is 0 Å². The molecule has 1 saturated heterocycles. The highest BCUT2D eigenvalue weighted by Crippen LogP contribution is 2.14. The highest BCUT2D eigenvalue weighted by molar-refractivity contribution is 4.71. The normalized spacial score (nSPS) is 34.2. The Kier molecular flexibility index (Phi) is 3.12. The summed E-state index contributed by atoms with van der Waals surface area (Å²) in [4.78, 5) is 0. The summed E-state index contributed by atoms with van der Waals surface area (Å²) in [6, 6.07) is 0. The topological polar surface area (TPSA) is 41.5 Å². The van der Waals surface area contributed by atoms with Gasteiger partial charge in [0.05, 0.1) is 0 Å². The number of aliphatic hydroxyl groups is 1. The van der Waals surface area contributed by atoms with E-state index in [-0.39, 0.29) is 6.23 Å². The summed E-state index contributed by atoms with van der Waals surface area (Å²) in [5.41, 5.74) is 0. The molecule has 0 radical (unpaired) electrons. The van der Waals surface area contributed by atoms with Crippen LogP contribution in [0.25, 0.3) is 0 Å². The maximum atomic E-state index is 8.82. The van der Waals surface area contributed by atoms with E-state index in [9.17, 15) is 0 Å². The molecule has 1 rings (SSSR count). The number of hydrogen-bond donors (Lipinski definition) is 2. The summed E-state index contributed by atoms with van der Waals surface area (Å²) in [6.07, 6.45) is 2.16. The maximum absolute atomic E-state index is 8.82. The Labute approximate surface area is 61.4 Å². The van der Waals surface area contributed by atoms with E-state index in [0.717, 1.165) is 19.4 Å². The van der Waals surface area contributed by atoms with Gasteiger partial charge in [0.1, 0.15) is 6.23 Å². The average Bonchev–Trinajstić information content (AvgIpc) is 2.05. The lowest BCUT2D eigenvalue weighted by Crippen LogP contribution is -2.40. The van der Waals surface area contributed by atoms with Crippen LogP contribution in [-0.4, -0.2) is 31.6 Å². The number of ether oxygens (including phenoxy) is 1. The molecule has 1 heterocycles. The van der Waals surface area contributed by atoms with Gasteiger partial charge in [-0.2, -0.15) is 0 Å². The van der Waals surface area contributed by atoms with E-state index in [0.29, 0.717) is 12.5 Å². The lowest BCUT2D eigenvalue weighted by Gasteiger charge is -2.27. The van der Waals surface area contributed by atoms with Crippen LogP contribution in [0.15, 0.2) is 0 Å². The summed E-state index contributed by atoms with van der Waals surface area (Å²) in [5, 5.41) is 12.0. The quantitative estimate of drug-likeness (QED) is 0.572. The molecule has 0 saturated carbocycles. The number of hydrogen-bond acceptors (Lipinski definition) is 3. The molecule has 0 aromatic carbocycles. The van der Waals surface area contributed by atoms with Crippen LogP contribution in [0.4, 0.5) is 0 Å². The summed E-state index contributed by atoms with van der Waals surface area (Å²) in [5.74, 6) is 0.436. The molecule has 1 aliphatic rings. The molecule has 10 heavy (non-hydrogen) atoms. The maximum Gasteiger partial charge on any atom is 0.108 e. The van der Waals surface area contributed by atoms with Crippen molar-refractivity contribution >= 4 is 0 Å². The largest absolute Gasteiger partial charge is 0.396 e. The van der Waals surface area contributed by atoms with Gasteiger partial charge in [0, 0.05) is 13.7 Å². The van der Waals surface area contributed by atoms with Crippen molar-refractivity contribution < 1.29 is 9.84 Å². The van der Waals surface area contributed by atoms with Gasteiger partial charge in [-0.05, 0) is 25.3 Å². The van der Waals surface area contributed by atoms with Gasteiger partial charge in [-0.3, -0.25) is 5.32 Å². The van der Waals surface area contributed by atoms with Crippen molar-refractivity contribution in [3.63, 3.8) is 0 Å². The van der Waals surface area contributed by atoms with E-state index in [4.69, 9.17) is 9.84 Å². The Morgan fingerprint density at radius 3 is 3.10 bits per heavy atom. The smallest absolute Gasteiger partial charge is 0.108 e. The van der Waals surface area contributed by atoms with Crippen LogP contribution in [-0.2, 0) is 4.74 Å².